The molecule has 0 radical (unpaired) electrons. The van der Waals surface area contributed by atoms with E-state index < -0.39 is 0 Å². The van der Waals surface area contributed by atoms with Crippen LogP contribution in [0.25, 0.3) is 0 Å². The Labute approximate surface area is 65.5 Å². The molecule has 44 valence electrons. The molecule has 0 aliphatic heterocycles. The number of allylic oxidation sites excluding steroid dienone is 1. The summed E-state index contributed by atoms with van der Waals surface area (Å²) in [6.45, 7) is 5.78. The van der Waals surface area contributed by atoms with E-state index in [1.54, 1.807) is 0 Å². The summed E-state index contributed by atoms with van der Waals surface area (Å²) in [4.78, 5) is 0. The molecule has 0 rings (SSSR count). The van der Waals surface area contributed by atoms with Crippen LogP contribution in [0.4, 0.5) is 0 Å². The summed E-state index contributed by atoms with van der Waals surface area (Å²) < 4.78 is 0. The zero-order valence-electron chi connectivity index (χ0n) is 4.91. The molecule has 0 fully saturated rings. The van der Waals surface area contributed by atoms with Gasteiger partial charge in [-0.2, -0.15) is 0 Å². The van der Waals surface area contributed by atoms with Gasteiger partial charge in [0.25, 0.3) is 0 Å². The van der Waals surface area contributed by atoms with Crippen LogP contribution in [-0.4, -0.2) is 26.6 Å². The fourth-order valence-corrected chi connectivity index (χ4v) is 0.348. The molecule has 0 saturated heterocycles. The zero-order valence-corrected chi connectivity index (χ0v) is 8.79. The van der Waals surface area contributed by atoms with Crippen molar-refractivity contribution < 1.29 is 0 Å². The summed E-state index contributed by atoms with van der Waals surface area (Å²) in [6, 6.07) is 0. The molecule has 0 atom stereocenters. The number of hydrogen-bond acceptors (Lipinski definition) is 0. The molecule has 1 heteroatoms. The molecule has 7 heavy (non-hydrogen) atoms. The third kappa shape index (κ3) is 10.8. The van der Waals surface area contributed by atoms with E-state index in [2.05, 4.69) is 13.5 Å². The van der Waals surface area contributed by atoms with E-state index in [-0.39, 0.29) is 26.6 Å². The SMILES string of the molecule is C=CCCCC.[PoH2]. The molecule has 0 aromatic rings. The average Bonchev–Trinajstić information content (AvgIpc) is 1.61. The first-order valence-corrected chi connectivity index (χ1v) is 2.52. The van der Waals surface area contributed by atoms with Gasteiger partial charge in [0.15, 0.2) is 0 Å². The molecule has 0 unspecified atom stereocenters. The monoisotopic (exact) mass is 295 g/mol. The Morgan fingerprint density at radius 3 is 2.29 bits per heavy atom. The van der Waals surface area contributed by atoms with Crippen LogP contribution in [0.5, 0.6) is 0 Å². The summed E-state index contributed by atoms with van der Waals surface area (Å²) in [6.07, 6.45) is 5.72. The predicted octanol–water partition coefficient (Wildman–Crippen LogP) is 1.45. The van der Waals surface area contributed by atoms with Gasteiger partial charge in [0.1, 0.15) is 0 Å². The van der Waals surface area contributed by atoms with Gasteiger partial charge in [-0.1, -0.05) is 25.8 Å². The number of hydrogen-bond donors (Lipinski definition) is 0. The Bertz CT molecular complexity index is 33.2. The van der Waals surface area contributed by atoms with Gasteiger partial charge in [0, 0.05) is 0 Å². The molecule has 0 aliphatic carbocycles. The van der Waals surface area contributed by atoms with Crippen molar-refractivity contribution in [2.24, 2.45) is 0 Å². The third-order valence-corrected chi connectivity index (χ3v) is 0.762. The van der Waals surface area contributed by atoms with E-state index in [9.17, 15) is 0 Å². The minimum atomic E-state index is 0. The van der Waals surface area contributed by atoms with Gasteiger partial charge in [-0.25, -0.2) is 0 Å². The van der Waals surface area contributed by atoms with Crippen molar-refractivity contribution in [3.63, 3.8) is 0 Å². The van der Waals surface area contributed by atoms with Crippen LogP contribution in [0.2, 0.25) is 0 Å². The van der Waals surface area contributed by atoms with Crippen LogP contribution >= 0.6 is 0 Å². The quantitative estimate of drug-likeness (QED) is 0.546. The Balaban J connectivity index is 0. The summed E-state index contributed by atoms with van der Waals surface area (Å²) in [5.74, 6) is 0. The van der Waals surface area contributed by atoms with E-state index in [4.69, 9.17) is 0 Å². The van der Waals surface area contributed by atoms with E-state index in [0.29, 0.717) is 0 Å². The van der Waals surface area contributed by atoms with Crippen LogP contribution < -0.4 is 0 Å². The first-order chi connectivity index (χ1) is 2.91. The van der Waals surface area contributed by atoms with Crippen LogP contribution in [-0.2, 0) is 0 Å². The summed E-state index contributed by atoms with van der Waals surface area (Å²) in [7, 11) is 0. The van der Waals surface area contributed by atoms with Crippen molar-refractivity contribution in [2.45, 2.75) is 26.2 Å². The fourth-order valence-electron chi connectivity index (χ4n) is 0.348. The van der Waals surface area contributed by atoms with Crippen LogP contribution in [0.1, 0.15) is 26.2 Å². The third-order valence-electron chi connectivity index (χ3n) is 0.762. The summed E-state index contributed by atoms with van der Waals surface area (Å²) in [5, 5.41) is 0. The van der Waals surface area contributed by atoms with E-state index >= 15 is 0 Å². The van der Waals surface area contributed by atoms with Crippen molar-refractivity contribution in [1.82, 2.24) is 0 Å². The Morgan fingerprint density at radius 2 is 2.14 bits per heavy atom. The van der Waals surface area contributed by atoms with Gasteiger partial charge in [0.05, 0.1) is 0 Å². The molecule has 0 amide bonds. The van der Waals surface area contributed by atoms with E-state index in [0.717, 1.165) is 0 Å². The molecule has 0 nitrogen and oxygen atoms in total. The number of unbranched alkanes of at least 4 members (excludes halogenated alkanes) is 2. The number of rotatable bonds is 3. The summed E-state index contributed by atoms with van der Waals surface area (Å²) >= 11 is 0. The summed E-state index contributed by atoms with van der Waals surface area (Å²) in [5.41, 5.74) is 0. The first kappa shape index (κ1) is 10.6. The standard InChI is InChI=1S/C6H12.Po.2H/c1-3-5-6-4-2;;;/h3H,1,4-6H2,2H3;;;. The van der Waals surface area contributed by atoms with Crippen molar-refractivity contribution in [3.8, 4) is 0 Å². The minimum absolute atomic E-state index is 0. The zero-order chi connectivity index (χ0) is 4.83. The van der Waals surface area contributed by atoms with Crippen molar-refractivity contribution in [1.29, 1.82) is 0 Å². The van der Waals surface area contributed by atoms with Crippen molar-refractivity contribution in [3.05, 3.63) is 12.7 Å². The molecular formula is C6H14Po. The predicted molar refractivity (Wildman–Crippen MR) is 38.3 cm³/mol. The molecule has 0 spiro atoms. The van der Waals surface area contributed by atoms with Crippen LogP contribution in [0, 0.1) is 0 Å². The molecule has 0 N–H and O–H groups in total. The Hall–Kier alpha value is 0.636. The van der Waals surface area contributed by atoms with Crippen molar-refractivity contribution >= 4 is 26.6 Å². The Morgan fingerprint density at radius 1 is 1.57 bits per heavy atom. The molecule has 0 aliphatic rings. The maximum atomic E-state index is 3.60. The van der Waals surface area contributed by atoms with Crippen LogP contribution in [0.3, 0.4) is 0 Å². The maximum absolute atomic E-state index is 3.60. The van der Waals surface area contributed by atoms with Gasteiger partial charge in [-0.15, -0.1) is 6.58 Å². The van der Waals surface area contributed by atoms with Gasteiger partial charge >= 0.3 is 26.6 Å². The van der Waals surface area contributed by atoms with E-state index in [1.165, 1.54) is 19.3 Å². The molecular weight excluding hydrogens is 281 g/mol. The fraction of sp³-hybridized carbons (Fsp3) is 0.667. The van der Waals surface area contributed by atoms with Gasteiger partial charge in [-0.05, 0) is 6.42 Å². The first-order valence-electron chi connectivity index (χ1n) is 2.52. The average molecular weight is 295 g/mol. The van der Waals surface area contributed by atoms with E-state index in [1.807, 2.05) is 6.08 Å². The molecule has 0 aromatic heterocycles. The molecule has 0 saturated carbocycles. The second-order valence-electron chi connectivity index (χ2n) is 1.43. The van der Waals surface area contributed by atoms with Crippen molar-refractivity contribution in [2.75, 3.05) is 0 Å². The van der Waals surface area contributed by atoms with Gasteiger partial charge in [0.2, 0.25) is 0 Å². The van der Waals surface area contributed by atoms with Gasteiger partial charge in [-0.3, -0.25) is 0 Å². The normalized spacial score (nSPS) is 7.00. The molecule has 0 heterocycles. The molecule has 0 bridgehead atoms. The second-order valence-corrected chi connectivity index (χ2v) is 1.43. The topological polar surface area (TPSA) is 0 Å². The second kappa shape index (κ2) is 9.81. The van der Waals surface area contributed by atoms with Crippen LogP contribution in [0.15, 0.2) is 12.7 Å². The van der Waals surface area contributed by atoms with Gasteiger partial charge < -0.3 is 0 Å². The Kier molecular flexibility index (Phi) is 14.8. The molecule has 0 aromatic carbocycles.